The van der Waals surface area contributed by atoms with E-state index in [1.807, 2.05) is 0 Å². The van der Waals surface area contributed by atoms with Crippen LogP contribution in [-0.2, 0) is 9.47 Å². The molecular weight excluding hydrogens is 111 g/mol. The smallest absolute Gasteiger partial charge is 0.160 e. The zero-order valence-electron chi connectivity index (χ0n) is 4.68. The third-order valence-corrected chi connectivity index (χ3v) is 1.10. The summed E-state index contributed by atoms with van der Waals surface area (Å²) in [6.45, 7) is 0. The third kappa shape index (κ3) is 2.98. The summed E-state index contributed by atoms with van der Waals surface area (Å²) in [4.78, 5) is 0. The second kappa shape index (κ2) is 4.51. The van der Waals surface area contributed by atoms with E-state index in [1.165, 1.54) is 0 Å². The molecule has 0 N–H and O–H groups in total. The van der Waals surface area contributed by atoms with Gasteiger partial charge in [-0.3, -0.25) is 0 Å². The van der Waals surface area contributed by atoms with Gasteiger partial charge in [0.05, 0.1) is 0 Å². The lowest BCUT2D eigenvalue weighted by Crippen LogP contribution is -2.13. The number of methoxy groups -OCH3 is 2. The van der Waals surface area contributed by atoms with Gasteiger partial charge in [0.25, 0.3) is 0 Å². The first-order chi connectivity index (χ1) is 3.35. The molecule has 0 rings (SSSR count). The van der Waals surface area contributed by atoms with E-state index < -0.39 is 0 Å². The van der Waals surface area contributed by atoms with Crippen molar-refractivity contribution in [3.05, 3.63) is 0 Å². The minimum Gasteiger partial charge on any atom is -0.356 e. The Bertz CT molecular complexity index is 31.2. The van der Waals surface area contributed by atoms with Gasteiger partial charge in [-0.1, -0.05) is 0 Å². The summed E-state index contributed by atoms with van der Waals surface area (Å²) >= 11 is 0. The monoisotopic (exact) mass is 122 g/mol. The van der Waals surface area contributed by atoms with Crippen LogP contribution in [0.4, 0.5) is 0 Å². The van der Waals surface area contributed by atoms with Crippen LogP contribution in [0.1, 0.15) is 0 Å². The molecule has 0 fully saturated rings. The fraction of sp³-hybridized carbons (Fsp3) is 1.00. The Labute approximate surface area is 46.4 Å². The van der Waals surface area contributed by atoms with Gasteiger partial charge in [-0.25, -0.2) is 0 Å². The summed E-state index contributed by atoms with van der Waals surface area (Å²) in [6, 6.07) is 0. The number of rotatable bonds is 3. The van der Waals surface area contributed by atoms with Crippen LogP contribution in [0, 0.1) is 0 Å². The highest BCUT2D eigenvalue weighted by Gasteiger charge is 1.96. The highest BCUT2D eigenvalue weighted by atomic mass is 31.0. The summed E-state index contributed by atoms with van der Waals surface area (Å²) < 4.78 is 9.61. The fourth-order valence-electron chi connectivity index (χ4n) is 0.289. The molecule has 0 aromatic rings. The van der Waals surface area contributed by atoms with Gasteiger partial charge in [-0.15, -0.1) is 9.24 Å². The van der Waals surface area contributed by atoms with Gasteiger partial charge < -0.3 is 9.47 Å². The SMILES string of the molecule is COC(CP)OC. The van der Waals surface area contributed by atoms with E-state index in [9.17, 15) is 0 Å². The Morgan fingerprint density at radius 3 is 1.86 bits per heavy atom. The Morgan fingerprint density at radius 2 is 1.86 bits per heavy atom. The molecular formula is C4H11O2P. The molecule has 0 aliphatic carbocycles. The van der Waals surface area contributed by atoms with E-state index >= 15 is 0 Å². The predicted octanol–water partition coefficient (Wildman–Crippen LogP) is 0.480. The van der Waals surface area contributed by atoms with Crippen LogP contribution >= 0.6 is 9.24 Å². The van der Waals surface area contributed by atoms with Crippen LogP contribution in [0.5, 0.6) is 0 Å². The predicted molar refractivity (Wildman–Crippen MR) is 32.4 cm³/mol. The van der Waals surface area contributed by atoms with E-state index in [0.717, 1.165) is 6.16 Å². The van der Waals surface area contributed by atoms with E-state index in [0.29, 0.717) is 0 Å². The summed E-state index contributed by atoms with van der Waals surface area (Å²) in [6.07, 6.45) is 0.775. The van der Waals surface area contributed by atoms with Crippen LogP contribution in [0.3, 0.4) is 0 Å². The summed E-state index contributed by atoms with van der Waals surface area (Å²) in [7, 11) is 5.78. The maximum Gasteiger partial charge on any atom is 0.160 e. The zero-order valence-corrected chi connectivity index (χ0v) is 5.83. The van der Waals surface area contributed by atoms with Gasteiger partial charge in [0.1, 0.15) is 0 Å². The molecule has 0 saturated heterocycles. The van der Waals surface area contributed by atoms with Gasteiger partial charge >= 0.3 is 0 Å². The van der Waals surface area contributed by atoms with Gasteiger partial charge in [0.2, 0.25) is 0 Å². The molecule has 0 bridgehead atoms. The summed E-state index contributed by atoms with van der Waals surface area (Å²) in [5.74, 6) is 0. The molecule has 0 spiro atoms. The molecule has 0 aromatic heterocycles. The standard InChI is InChI=1S/C4H11O2P/c1-5-4(3-7)6-2/h4H,3,7H2,1-2H3. The molecule has 1 atom stereocenters. The molecule has 0 aliphatic rings. The Kier molecular flexibility index (Phi) is 4.73. The molecule has 7 heavy (non-hydrogen) atoms. The molecule has 0 saturated carbocycles. The molecule has 3 heteroatoms. The van der Waals surface area contributed by atoms with Crippen LogP contribution in [0.15, 0.2) is 0 Å². The van der Waals surface area contributed by atoms with Crippen molar-refractivity contribution in [2.24, 2.45) is 0 Å². The maximum absolute atomic E-state index is 4.81. The Balaban J connectivity index is 2.99. The lowest BCUT2D eigenvalue weighted by molar-refractivity contribution is -0.0843. The van der Waals surface area contributed by atoms with E-state index in [4.69, 9.17) is 9.47 Å². The van der Waals surface area contributed by atoms with Gasteiger partial charge in [0, 0.05) is 20.4 Å². The summed E-state index contributed by atoms with van der Waals surface area (Å²) in [5, 5.41) is 0. The van der Waals surface area contributed by atoms with Crippen LogP contribution < -0.4 is 0 Å². The second-order valence-electron chi connectivity index (χ2n) is 1.14. The number of hydrogen-bond donors (Lipinski definition) is 0. The molecule has 0 amide bonds. The largest absolute Gasteiger partial charge is 0.356 e. The van der Waals surface area contributed by atoms with Crippen molar-refractivity contribution in [3.8, 4) is 0 Å². The first kappa shape index (κ1) is 7.35. The third-order valence-electron chi connectivity index (χ3n) is 0.718. The van der Waals surface area contributed by atoms with Crippen LogP contribution in [0.25, 0.3) is 0 Å². The van der Waals surface area contributed by atoms with Crippen molar-refractivity contribution < 1.29 is 9.47 Å². The molecule has 44 valence electrons. The zero-order chi connectivity index (χ0) is 5.70. The molecule has 0 heterocycles. The quantitative estimate of drug-likeness (QED) is 0.400. The summed E-state index contributed by atoms with van der Waals surface area (Å²) in [5.41, 5.74) is 0. The number of ether oxygens (including phenoxy) is 2. The lowest BCUT2D eigenvalue weighted by Gasteiger charge is -2.08. The van der Waals surface area contributed by atoms with Crippen molar-refractivity contribution in [2.75, 3.05) is 20.4 Å². The molecule has 1 unspecified atom stereocenters. The first-order valence-electron chi connectivity index (χ1n) is 2.10. The molecule has 2 nitrogen and oxygen atoms in total. The van der Waals surface area contributed by atoms with Crippen molar-refractivity contribution in [3.63, 3.8) is 0 Å². The minimum atomic E-state index is -0.0509. The minimum absolute atomic E-state index is 0.0509. The molecule has 0 aliphatic heterocycles. The second-order valence-corrected chi connectivity index (χ2v) is 1.61. The van der Waals surface area contributed by atoms with E-state index in [-0.39, 0.29) is 6.29 Å². The molecule has 0 aromatic carbocycles. The lowest BCUT2D eigenvalue weighted by atomic mass is 10.7. The Hall–Kier alpha value is 0.350. The average molecular weight is 122 g/mol. The van der Waals surface area contributed by atoms with Crippen molar-refractivity contribution in [1.29, 1.82) is 0 Å². The average Bonchev–Trinajstić information content (AvgIpc) is 1.72. The van der Waals surface area contributed by atoms with Crippen LogP contribution in [-0.4, -0.2) is 26.7 Å². The highest BCUT2D eigenvalue weighted by Crippen LogP contribution is 1.94. The van der Waals surface area contributed by atoms with E-state index in [1.54, 1.807) is 14.2 Å². The van der Waals surface area contributed by atoms with Crippen molar-refractivity contribution >= 4 is 9.24 Å². The van der Waals surface area contributed by atoms with Gasteiger partial charge in [-0.2, -0.15) is 0 Å². The van der Waals surface area contributed by atoms with Crippen molar-refractivity contribution in [2.45, 2.75) is 6.29 Å². The van der Waals surface area contributed by atoms with Crippen molar-refractivity contribution in [1.82, 2.24) is 0 Å². The first-order valence-corrected chi connectivity index (χ1v) is 2.92. The van der Waals surface area contributed by atoms with Gasteiger partial charge in [0.15, 0.2) is 6.29 Å². The van der Waals surface area contributed by atoms with Crippen LogP contribution in [0.2, 0.25) is 0 Å². The topological polar surface area (TPSA) is 18.5 Å². The normalized spacial score (nSPS) is 10.3. The van der Waals surface area contributed by atoms with Gasteiger partial charge in [-0.05, 0) is 0 Å². The van der Waals surface area contributed by atoms with E-state index in [2.05, 4.69) is 9.24 Å². The Morgan fingerprint density at radius 1 is 1.43 bits per heavy atom. The molecule has 0 radical (unpaired) electrons. The number of hydrogen-bond acceptors (Lipinski definition) is 2. The fourth-order valence-corrected chi connectivity index (χ4v) is 0.674. The highest BCUT2D eigenvalue weighted by molar-refractivity contribution is 7.16. The maximum atomic E-state index is 4.81.